The molecule has 2 atom stereocenters. The van der Waals surface area contributed by atoms with Gasteiger partial charge < -0.3 is 14.7 Å². The minimum Gasteiger partial charge on any atom is -0.476 e. The Labute approximate surface area is 118 Å². The lowest BCUT2D eigenvalue weighted by Gasteiger charge is -2.37. The molecule has 0 amide bonds. The Morgan fingerprint density at radius 1 is 1.40 bits per heavy atom. The van der Waals surface area contributed by atoms with Gasteiger partial charge in [-0.15, -0.1) is 0 Å². The van der Waals surface area contributed by atoms with E-state index in [-0.39, 0.29) is 23.8 Å². The van der Waals surface area contributed by atoms with Crippen LogP contribution in [0.15, 0.2) is 6.20 Å². The summed E-state index contributed by atoms with van der Waals surface area (Å²) in [6.07, 6.45) is 1.74. The number of morpholine rings is 1. The first-order chi connectivity index (χ1) is 9.38. The molecule has 1 N–H and O–H groups in total. The van der Waals surface area contributed by atoms with Crippen LogP contribution in [0.4, 0.5) is 5.69 Å². The average Bonchev–Trinajstić information content (AvgIpc) is 2.36. The number of anilines is 1. The number of aromatic carboxylic acids is 1. The number of carbonyl (C=O) groups is 1. The molecule has 2 unspecified atom stereocenters. The highest BCUT2D eigenvalue weighted by Gasteiger charge is 2.27. The molecule has 0 saturated carbocycles. The Kier molecular flexibility index (Phi) is 4.23. The summed E-state index contributed by atoms with van der Waals surface area (Å²) in [5.74, 6) is -0.360. The molecule has 110 valence electrons. The van der Waals surface area contributed by atoms with Crippen LogP contribution in [0.25, 0.3) is 0 Å². The van der Waals surface area contributed by atoms with Gasteiger partial charge in [0.2, 0.25) is 0 Å². The van der Waals surface area contributed by atoms with Crippen LogP contribution in [0.1, 0.15) is 49.9 Å². The van der Waals surface area contributed by atoms with E-state index in [9.17, 15) is 9.90 Å². The van der Waals surface area contributed by atoms with Crippen LogP contribution in [0.3, 0.4) is 0 Å². The summed E-state index contributed by atoms with van der Waals surface area (Å²) in [6, 6.07) is 0. The molecule has 0 aliphatic carbocycles. The van der Waals surface area contributed by atoms with Crippen molar-refractivity contribution in [2.24, 2.45) is 0 Å². The molecule has 0 spiro atoms. The molecule has 6 nitrogen and oxygen atoms in total. The van der Waals surface area contributed by atoms with Gasteiger partial charge >= 0.3 is 5.97 Å². The fourth-order valence-electron chi connectivity index (χ4n) is 2.43. The van der Waals surface area contributed by atoms with Crippen molar-refractivity contribution in [3.05, 3.63) is 17.7 Å². The Bertz CT molecular complexity index is 494. The number of carboxylic acids is 1. The van der Waals surface area contributed by atoms with Crippen molar-refractivity contribution in [3.8, 4) is 0 Å². The molecular formula is C14H21N3O3. The maximum absolute atomic E-state index is 11.5. The summed E-state index contributed by atoms with van der Waals surface area (Å²) < 4.78 is 5.67. The minimum atomic E-state index is -1.02. The normalized spacial score (nSPS) is 23.1. The Morgan fingerprint density at radius 3 is 2.50 bits per heavy atom. The SMILES string of the molecule is CC1CN(c2cnc(C(C)C)nc2C(=O)O)CC(C)O1. The van der Waals surface area contributed by atoms with Gasteiger partial charge in [0.1, 0.15) is 5.82 Å². The fourth-order valence-corrected chi connectivity index (χ4v) is 2.43. The molecule has 1 aromatic heterocycles. The van der Waals surface area contributed by atoms with Gasteiger partial charge in [-0.2, -0.15) is 0 Å². The van der Waals surface area contributed by atoms with E-state index in [2.05, 4.69) is 9.97 Å². The number of rotatable bonds is 3. The van der Waals surface area contributed by atoms with Crippen molar-refractivity contribution >= 4 is 11.7 Å². The molecule has 0 aromatic carbocycles. The predicted octanol–water partition coefficient (Wildman–Crippen LogP) is 1.91. The minimum absolute atomic E-state index is 0.0603. The lowest BCUT2D eigenvalue weighted by molar-refractivity contribution is -0.00536. The van der Waals surface area contributed by atoms with Crippen LogP contribution in [-0.4, -0.2) is 46.3 Å². The van der Waals surface area contributed by atoms with E-state index in [0.717, 1.165) is 0 Å². The van der Waals surface area contributed by atoms with Gasteiger partial charge in [-0.3, -0.25) is 0 Å². The van der Waals surface area contributed by atoms with Crippen molar-refractivity contribution in [2.45, 2.75) is 45.8 Å². The van der Waals surface area contributed by atoms with Crippen LogP contribution < -0.4 is 4.90 Å². The van der Waals surface area contributed by atoms with Gasteiger partial charge in [0, 0.05) is 19.0 Å². The van der Waals surface area contributed by atoms with E-state index >= 15 is 0 Å². The van der Waals surface area contributed by atoms with Gasteiger partial charge in [-0.1, -0.05) is 13.8 Å². The molecule has 2 heterocycles. The summed E-state index contributed by atoms with van der Waals surface area (Å²) in [4.78, 5) is 21.9. The number of ether oxygens (including phenoxy) is 1. The zero-order chi connectivity index (χ0) is 14.9. The van der Waals surface area contributed by atoms with Gasteiger partial charge in [-0.25, -0.2) is 14.8 Å². The first-order valence-electron chi connectivity index (χ1n) is 6.89. The van der Waals surface area contributed by atoms with E-state index in [0.29, 0.717) is 24.6 Å². The summed E-state index contributed by atoms with van der Waals surface area (Å²) in [7, 11) is 0. The zero-order valence-corrected chi connectivity index (χ0v) is 12.3. The Hall–Kier alpha value is -1.69. The summed E-state index contributed by atoms with van der Waals surface area (Å²) >= 11 is 0. The van der Waals surface area contributed by atoms with Crippen LogP contribution in [-0.2, 0) is 4.74 Å². The van der Waals surface area contributed by atoms with E-state index in [4.69, 9.17) is 4.74 Å². The number of carboxylic acid groups (broad SMARTS) is 1. The van der Waals surface area contributed by atoms with Crippen molar-refractivity contribution in [1.29, 1.82) is 0 Å². The second kappa shape index (κ2) is 5.75. The van der Waals surface area contributed by atoms with Gasteiger partial charge in [-0.05, 0) is 13.8 Å². The summed E-state index contributed by atoms with van der Waals surface area (Å²) in [5, 5.41) is 9.39. The van der Waals surface area contributed by atoms with E-state index in [1.54, 1.807) is 6.20 Å². The highest BCUT2D eigenvalue weighted by atomic mass is 16.5. The van der Waals surface area contributed by atoms with E-state index in [1.165, 1.54) is 0 Å². The third-order valence-corrected chi connectivity index (χ3v) is 3.27. The maximum atomic E-state index is 11.5. The molecular weight excluding hydrogens is 258 g/mol. The van der Waals surface area contributed by atoms with Crippen molar-refractivity contribution < 1.29 is 14.6 Å². The second-order valence-electron chi connectivity index (χ2n) is 5.58. The third-order valence-electron chi connectivity index (χ3n) is 3.27. The van der Waals surface area contributed by atoms with Gasteiger partial charge in [0.25, 0.3) is 0 Å². The molecule has 1 saturated heterocycles. The first-order valence-corrected chi connectivity index (χ1v) is 6.89. The van der Waals surface area contributed by atoms with E-state index < -0.39 is 5.97 Å². The predicted molar refractivity (Wildman–Crippen MR) is 75.3 cm³/mol. The van der Waals surface area contributed by atoms with Gasteiger partial charge in [0.05, 0.1) is 24.1 Å². The van der Waals surface area contributed by atoms with Gasteiger partial charge in [0.15, 0.2) is 5.69 Å². The Balaban J connectivity index is 2.37. The molecule has 1 aliphatic rings. The van der Waals surface area contributed by atoms with Crippen molar-refractivity contribution in [3.63, 3.8) is 0 Å². The summed E-state index contributed by atoms with van der Waals surface area (Å²) in [5.41, 5.74) is 0.647. The van der Waals surface area contributed by atoms with Crippen molar-refractivity contribution in [2.75, 3.05) is 18.0 Å². The first kappa shape index (κ1) is 14.7. The molecule has 1 aromatic rings. The number of nitrogens with zero attached hydrogens (tertiary/aromatic N) is 3. The van der Waals surface area contributed by atoms with Crippen LogP contribution in [0.5, 0.6) is 0 Å². The lowest BCUT2D eigenvalue weighted by atomic mass is 10.1. The molecule has 1 fully saturated rings. The number of aromatic nitrogens is 2. The van der Waals surface area contributed by atoms with Crippen molar-refractivity contribution in [1.82, 2.24) is 9.97 Å². The standard InChI is InChI=1S/C14H21N3O3/c1-8(2)13-15-5-11(12(16-13)14(18)19)17-6-9(3)20-10(4)7-17/h5,8-10H,6-7H2,1-4H3,(H,18,19). The number of hydrogen-bond acceptors (Lipinski definition) is 5. The highest BCUT2D eigenvalue weighted by molar-refractivity contribution is 5.92. The molecule has 1 aliphatic heterocycles. The lowest BCUT2D eigenvalue weighted by Crippen LogP contribution is -2.46. The zero-order valence-electron chi connectivity index (χ0n) is 12.3. The van der Waals surface area contributed by atoms with E-state index in [1.807, 2.05) is 32.6 Å². The monoisotopic (exact) mass is 279 g/mol. The summed E-state index contributed by atoms with van der Waals surface area (Å²) in [6.45, 7) is 9.14. The fraction of sp³-hybridized carbons (Fsp3) is 0.643. The second-order valence-corrected chi connectivity index (χ2v) is 5.58. The topological polar surface area (TPSA) is 75.6 Å². The average molecular weight is 279 g/mol. The van der Waals surface area contributed by atoms with Crippen LogP contribution >= 0.6 is 0 Å². The maximum Gasteiger partial charge on any atom is 0.356 e. The highest BCUT2D eigenvalue weighted by Crippen LogP contribution is 2.24. The molecule has 20 heavy (non-hydrogen) atoms. The van der Waals surface area contributed by atoms with Crippen LogP contribution in [0, 0.1) is 0 Å². The molecule has 0 radical (unpaired) electrons. The third kappa shape index (κ3) is 3.07. The number of hydrogen-bond donors (Lipinski definition) is 1. The quantitative estimate of drug-likeness (QED) is 0.911. The Morgan fingerprint density at radius 2 is 2.00 bits per heavy atom. The smallest absolute Gasteiger partial charge is 0.356 e. The largest absolute Gasteiger partial charge is 0.476 e. The molecule has 6 heteroatoms. The molecule has 2 rings (SSSR count). The van der Waals surface area contributed by atoms with Crippen LogP contribution in [0.2, 0.25) is 0 Å². The molecule has 0 bridgehead atoms.